The third-order valence-corrected chi connectivity index (χ3v) is 6.33. The number of aliphatic hydroxyl groups excluding tert-OH is 1. The van der Waals surface area contributed by atoms with Crippen molar-refractivity contribution in [2.24, 2.45) is 23.7 Å². The van der Waals surface area contributed by atoms with Crippen molar-refractivity contribution in [1.29, 1.82) is 0 Å². The molecule has 1 N–H and O–H groups in total. The Morgan fingerprint density at radius 3 is 2.21 bits per heavy atom. The fraction of sp³-hybridized carbons (Fsp3) is 0.895. The zero-order chi connectivity index (χ0) is 17.3. The predicted octanol–water partition coefficient (Wildman–Crippen LogP) is 2.84. The summed E-state index contributed by atoms with van der Waals surface area (Å²) in [5.74, 6) is 0.391. The molecule has 3 aliphatic rings. The zero-order valence-corrected chi connectivity index (χ0v) is 14.8. The first-order valence-electron chi connectivity index (χ1n) is 9.48. The highest BCUT2D eigenvalue weighted by Gasteiger charge is 2.49. The fourth-order valence-electron chi connectivity index (χ4n) is 5.52. The number of fused-ring (bicyclic) bond motifs is 3. The largest absolute Gasteiger partial charge is 0.462 e. The number of carbonyl (C=O) groups is 2. The van der Waals surface area contributed by atoms with Crippen LogP contribution in [-0.4, -0.2) is 35.4 Å². The lowest BCUT2D eigenvalue weighted by molar-refractivity contribution is -0.163. The Balaban J connectivity index is 1.86. The molecule has 7 atom stereocenters. The minimum absolute atomic E-state index is 0.0196. The molecule has 6 unspecified atom stereocenters. The number of hydrogen-bond donors (Lipinski definition) is 1. The molecule has 0 aliphatic heterocycles. The van der Waals surface area contributed by atoms with E-state index in [1.165, 1.54) is 13.8 Å². The van der Waals surface area contributed by atoms with Gasteiger partial charge in [-0.3, -0.25) is 9.59 Å². The third-order valence-electron chi connectivity index (χ3n) is 6.33. The molecule has 0 radical (unpaired) electrons. The zero-order valence-electron chi connectivity index (χ0n) is 14.8. The lowest BCUT2D eigenvalue weighted by Crippen LogP contribution is -2.47. The summed E-state index contributed by atoms with van der Waals surface area (Å²) in [4.78, 5) is 23.0. The van der Waals surface area contributed by atoms with Gasteiger partial charge in [-0.15, -0.1) is 0 Å². The number of hydrogen-bond acceptors (Lipinski definition) is 5. The van der Waals surface area contributed by atoms with E-state index in [-0.39, 0.29) is 36.0 Å². The highest BCUT2D eigenvalue weighted by molar-refractivity contribution is 5.66. The third kappa shape index (κ3) is 3.76. The van der Waals surface area contributed by atoms with Crippen LogP contribution in [-0.2, 0) is 19.1 Å². The van der Waals surface area contributed by atoms with Gasteiger partial charge in [0.05, 0.1) is 6.10 Å². The van der Waals surface area contributed by atoms with E-state index >= 15 is 0 Å². The van der Waals surface area contributed by atoms with Crippen molar-refractivity contribution in [2.75, 3.05) is 0 Å². The summed E-state index contributed by atoms with van der Waals surface area (Å²) in [6, 6.07) is 0. The van der Waals surface area contributed by atoms with Gasteiger partial charge >= 0.3 is 11.9 Å². The molecular weight excluding hydrogens is 308 g/mol. The smallest absolute Gasteiger partial charge is 0.302 e. The molecule has 0 heterocycles. The first-order chi connectivity index (χ1) is 11.5. The van der Waals surface area contributed by atoms with Gasteiger partial charge in [0, 0.05) is 25.7 Å². The quantitative estimate of drug-likeness (QED) is 0.784. The molecule has 0 aromatic carbocycles. The number of rotatable bonds is 2. The molecule has 3 saturated carbocycles. The number of esters is 2. The molecule has 0 saturated heterocycles. The van der Waals surface area contributed by atoms with Crippen molar-refractivity contribution in [2.45, 2.75) is 83.5 Å². The van der Waals surface area contributed by atoms with Gasteiger partial charge in [-0.25, -0.2) is 0 Å². The van der Waals surface area contributed by atoms with Crippen LogP contribution >= 0.6 is 0 Å². The number of ether oxygens (including phenoxy) is 2. The maximum Gasteiger partial charge on any atom is 0.302 e. The first kappa shape index (κ1) is 17.7. The van der Waals surface area contributed by atoms with Crippen LogP contribution in [0.5, 0.6) is 0 Å². The van der Waals surface area contributed by atoms with E-state index < -0.39 is 6.10 Å². The minimum atomic E-state index is -0.563. The number of aliphatic hydroxyl groups is 1. The lowest BCUT2D eigenvalue weighted by Gasteiger charge is -2.42. The second-order valence-electron chi connectivity index (χ2n) is 7.99. The van der Waals surface area contributed by atoms with E-state index in [2.05, 4.69) is 0 Å². The Bertz CT molecular complexity index is 462. The van der Waals surface area contributed by atoms with Gasteiger partial charge in [0.2, 0.25) is 0 Å². The van der Waals surface area contributed by atoms with Gasteiger partial charge in [0.1, 0.15) is 12.2 Å². The van der Waals surface area contributed by atoms with Gasteiger partial charge < -0.3 is 14.6 Å². The molecule has 24 heavy (non-hydrogen) atoms. The second kappa shape index (κ2) is 7.42. The van der Waals surface area contributed by atoms with E-state index in [0.29, 0.717) is 11.8 Å². The van der Waals surface area contributed by atoms with Crippen LogP contribution < -0.4 is 0 Å². The van der Waals surface area contributed by atoms with Crippen molar-refractivity contribution in [3.63, 3.8) is 0 Å². The normalized spacial score (nSPS) is 42.2. The van der Waals surface area contributed by atoms with Crippen molar-refractivity contribution in [3.05, 3.63) is 0 Å². The van der Waals surface area contributed by atoms with Crippen molar-refractivity contribution in [1.82, 2.24) is 0 Å². The maximum atomic E-state index is 11.5. The summed E-state index contributed by atoms with van der Waals surface area (Å²) in [6.45, 7) is 2.88. The Morgan fingerprint density at radius 2 is 1.50 bits per heavy atom. The van der Waals surface area contributed by atoms with Crippen molar-refractivity contribution in [3.8, 4) is 0 Å². The van der Waals surface area contributed by atoms with Gasteiger partial charge in [-0.2, -0.15) is 0 Å². The monoisotopic (exact) mass is 338 g/mol. The maximum absolute atomic E-state index is 11.5. The van der Waals surface area contributed by atoms with Crippen LogP contribution in [0.2, 0.25) is 0 Å². The molecule has 2 bridgehead atoms. The van der Waals surface area contributed by atoms with Gasteiger partial charge in [0.25, 0.3) is 0 Å². The van der Waals surface area contributed by atoms with E-state index in [0.717, 1.165) is 51.4 Å². The predicted molar refractivity (Wildman–Crippen MR) is 88.0 cm³/mol. The van der Waals surface area contributed by atoms with E-state index in [1.807, 2.05) is 0 Å². The minimum Gasteiger partial charge on any atom is -0.462 e. The van der Waals surface area contributed by atoms with Crippen LogP contribution in [0.4, 0.5) is 0 Å². The lowest BCUT2D eigenvalue weighted by atomic mass is 9.70. The SMILES string of the molecule is CC(=O)OC1CCCC2CC3CCC[C@@H](OC(C)=O)C3C(O)C1C2. The summed E-state index contributed by atoms with van der Waals surface area (Å²) < 4.78 is 11.1. The van der Waals surface area contributed by atoms with Gasteiger partial charge in [0.15, 0.2) is 0 Å². The first-order valence-corrected chi connectivity index (χ1v) is 9.48. The highest BCUT2D eigenvalue weighted by atomic mass is 16.5. The Labute approximate surface area is 144 Å². The highest BCUT2D eigenvalue weighted by Crippen LogP contribution is 2.48. The van der Waals surface area contributed by atoms with Crippen LogP contribution in [0.15, 0.2) is 0 Å². The van der Waals surface area contributed by atoms with E-state index in [1.54, 1.807) is 0 Å². The van der Waals surface area contributed by atoms with Gasteiger partial charge in [-0.05, 0) is 56.8 Å². The molecule has 0 aromatic heterocycles. The average Bonchev–Trinajstić information content (AvgIpc) is 2.76. The summed E-state index contributed by atoms with van der Waals surface area (Å²) in [5, 5.41) is 11.2. The van der Waals surface area contributed by atoms with Crippen molar-refractivity contribution >= 4 is 11.9 Å². The molecule has 3 rings (SSSR count). The molecule has 3 aliphatic carbocycles. The molecule has 0 amide bonds. The van der Waals surface area contributed by atoms with Crippen LogP contribution in [0.3, 0.4) is 0 Å². The molecule has 5 heteroatoms. The summed E-state index contributed by atoms with van der Waals surface area (Å²) in [5.41, 5.74) is 0. The van der Waals surface area contributed by atoms with Crippen LogP contribution in [0.1, 0.15) is 65.2 Å². The molecule has 136 valence electrons. The second-order valence-corrected chi connectivity index (χ2v) is 7.99. The Morgan fingerprint density at radius 1 is 0.875 bits per heavy atom. The van der Waals surface area contributed by atoms with Gasteiger partial charge in [-0.1, -0.05) is 6.42 Å². The summed E-state index contributed by atoms with van der Waals surface area (Å²) in [7, 11) is 0. The standard InChI is InChI=1S/C19H30O5/c1-11(20)23-16-7-3-5-13-9-14-6-4-8-17(24-12(2)21)18(14)19(22)15(16)10-13/h13-19,22H,3-10H2,1-2H3/t13?,14?,15?,16?,17-,18?,19?/m1/s1. The molecule has 5 nitrogen and oxygen atoms in total. The van der Waals surface area contributed by atoms with Crippen LogP contribution in [0, 0.1) is 23.7 Å². The molecular formula is C19H30O5. The topological polar surface area (TPSA) is 72.8 Å². The Hall–Kier alpha value is -1.10. The Kier molecular flexibility index (Phi) is 5.48. The molecule has 3 fully saturated rings. The molecule has 0 spiro atoms. The van der Waals surface area contributed by atoms with Crippen LogP contribution in [0.25, 0.3) is 0 Å². The van der Waals surface area contributed by atoms with Crippen molar-refractivity contribution < 1.29 is 24.2 Å². The summed E-state index contributed by atoms with van der Waals surface area (Å²) in [6.07, 6.45) is 7.04. The fourth-order valence-corrected chi connectivity index (χ4v) is 5.52. The summed E-state index contributed by atoms with van der Waals surface area (Å²) >= 11 is 0. The molecule has 0 aromatic rings. The van der Waals surface area contributed by atoms with E-state index in [4.69, 9.17) is 9.47 Å². The average molecular weight is 338 g/mol. The van der Waals surface area contributed by atoms with E-state index in [9.17, 15) is 14.7 Å². The number of carbonyl (C=O) groups excluding carboxylic acids is 2.